The molecule has 0 saturated carbocycles. The number of aryl methyl sites for hydroxylation is 1. The number of pyridine rings is 1. The van der Waals surface area contributed by atoms with Gasteiger partial charge in [0.25, 0.3) is 0 Å². The third-order valence-corrected chi connectivity index (χ3v) is 5.40. The van der Waals surface area contributed by atoms with Crippen molar-refractivity contribution in [1.29, 1.82) is 0 Å². The van der Waals surface area contributed by atoms with Gasteiger partial charge in [-0.25, -0.2) is 0 Å². The molecule has 4 heteroatoms. The molecule has 1 aromatic rings. The summed E-state index contributed by atoms with van der Waals surface area (Å²) in [5.74, 6) is 0. The minimum atomic E-state index is 0. The Balaban J connectivity index is 0.00000200. The molecule has 1 aromatic heterocycles. The zero-order chi connectivity index (χ0) is 14.3. The highest BCUT2D eigenvalue weighted by Crippen LogP contribution is 2.40. The lowest BCUT2D eigenvalue weighted by atomic mass is 10.0. The van der Waals surface area contributed by atoms with Crippen molar-refractivity contribution in [3.63, 3.8) is 0 Å². The number of thioether (sulfide) groups is 1. The molecule has 0 spiro atoms. The molecule has 105 valence electrons. The van der Waals surface area contributed by atoms with Crippen LogP contribution in [-0.2, 0) is 0 Å². The van der Waals surface area contributed by atoms with Gasteiger partial charge in [-0.3, -0.25) is 4.98 Å². The van der Waals surface area contributed by atoms with E-state index in [2.05, 4.69) is 59.6 Å². The van der Waals surface area contributed by atoms with E-state index in [1.54, 1.807) is 0 Å². The molecule has 0 unspecified atom stereocenters. The molecule has 0 saturated heterocycles. The number of aromatic nitrogens is 1. The van der Waals surface area contributed by atoms with Gasteiger partial charge in [0, 0.05) is 31.8 Å². The van der Waals surface area contributed by atoms with Gasteiger partial charge in [-0.2, -0.15) is 0 Å². The Labute approximate surface area is 128 Å². The van der Waals surface area contributed by atoms with Crippen LogP contribution in [0.3, 0.4) is 0 Å². The molecular weight excluding hydrogens is 263 g/mol. The summed E-state index contributed by atoms with van der Waals surface area (Å²) in [4.78, 5) is 8.36. The first-order valence-electron chi connectivity index (χ1n) is 6.58. The van der Waals surface area contributed by atoms with Crippen molar-refractivity contribution in [2.75, 3.05) is 7.05 Å². The topological polar surface area (TPSA) is 16.1 Å². The Kier molecular flexibility index (Phi) is 5.14. The molecule has 2 nitrogen and oxygen atoms in total. The fourth-order valence-corrected chi connectivity index (χ4v) is 3.22. The van der Waals surface area contributed by atoms with Gasteiger partial charge in [0.05, 0.1) is 10.7 Å². The van der Waals surface area contributed by atoms with E-state index in [9.17, 15) is 0 Å². The van der Waals surface area contributed by atoms with Crippen molar-refractivity contribution in [2.45, 2.75) is 41.5 Å². The van der Waals surface area contributed by atoms with Gasteiger partial charge in [0.15, 0.2) is 0 Å². The zero-order valence-corrected chi connectivity index (χ0v) is 14.3. The Bertz CT molecular complexity index is 603. The molecule has 2 heterocycles. The fraction of sp³-hybridized carbons (Fsp3) is 0.438. The van der Waals surface area contributed by atoms with Crippen molar-refractivity contribution < 1.29 is 0 Å². The maximum Gasteiger partial charge on any atom is 0.0814 e. The first-order chi connectivity index (χ1) is 8.82. The molecular formula is C16H22BN2S. The normalized spacial score (nSPS) is 16.9. The lowest BCUT2D eigenvalue weighted by Crippen LogP contribution is -2.09. The van der Waals surface area contributed by atoms with Gasteiger partial charge < -0.3 is 4.90 Å². The van der Waals surface area contributed by atoms with Crippen molar-refractivity contribution in [3.8, 4) is 0 Å². The predicted octanol–water partition coefficient (Wildman–Crippen LogP) is 4.16. The van der Waals surface area contributed by atoms with E-state index >= 15 is 0 Å². The van der Waals surface area contributed by atoms with E-state index in [1.165, 1.54) is 32.3 Å². The molecule has 20 heavy (non-hydrogen) atoms. The van der Waals surface area contributed by atoms with Crippen LogP contribution < -0.4 is 0 Å². The Hall–Kier alpha value is -1.16. The Morgan fingerprint density at radius 2 is 1.55 bits per heavy atom. The summed E-state index contributed by atoms with van der Waals surface area (Å²) in [6, 6.07) is 0. The van der Waals surface area contributed by atoms with Crippen LogP contribution in [0, 0.1) is 27.7 Å². The van der Waals surface area contributed by atoms with E-state index in [4.69, 9.17) is 4.98 Å². The Morgan fingerprint density at radius 1 is 0.950 bits per heavy atom. The summed E-state index contributed by atoms with van der Waals surface area (Å²) in [5.41, 5.74) is 7.49. The first kappa shape index (κ1) is 16.9. The molecule has 0 N–H and O–H groups in total. The molecule has 0 amide bonds. The monoisotopic (exact) mass is 285 g/mol. The van der Waals surface area contributed by atoms with Crippen LogP contribution in [0.25, 0.3) is 6.08 Å². The van der Waals surface area contributed by atoms with Crippen molar-refractivity contribution >= 4 is 26.3 Å². The third kappa shape index (κ3) is 2.80. The second-order valence-electron chi connectivity index (χ2n) is 5.24. The van der Waals surface area contributed by atoms with Gasteiger partial charge in [-0.05, 0) is 64.3 Å². The first-order valence-corrected chi connectivity index (χ1v) is 7.39. The molecule has 0 aromatic carbocycles. The quantitative estimate of drug-likeness (QED) is 0.721. The average Bonchev–Trinajstić information content (AvgIpc) is 2.61. The lowest BCUT2D eigenvalue weighted by molar-refractivity contribution is 0.567. The van der Waals surface area contributed by atoms with Crippen LogP contribution in [0.5, 0.6) is 0 Å². The summed E-state index contributed by atoms with van der Waals surface area (Å²) in [6.45, 7) is 12.9. The predicted molar refractivity (Wildman–Crippen MR) is 90.6 cm³/mol. The van der Waals surface area contributed by atoms with Crippen LogP contribution in [-0.4, -0.2) is 25.3 Å². The van der Waals surface area contributed by atoms with Crippen LogP contribution in [0.2, 0.25) is 0 Å². The van der Waals surface area contributed by atoms with Crippen molar-refractivity contribution in [3.05, 3.63) is 43.7 Å². The van der Waals surface area contributed by atoms with Crippen molar-refractivity contribution in [1.82, 2.24) is 9.88 Å². The van der Waals surface area contributed by atoms with Crippen LogP contribution in [0.1, 0.15) is 41.9 Å². The van der Waals surface area contributed by atoms with Crippen LogP contribution in [0.15, 0.2) is 15.6 Å². The Morgan fingerprint density at radius 3 is 2.05 bits per heavy atom. The molecule has 0 aliphatic carbocycles. The van der Waals surface area contributed by atoms with Gasteiger partial charge in [0.2, 0.25) is 0 Å². The summed E-state index contributed by atoms with van der Waals surface area (Å²) >= 11 is 1.83. The maximum absolute atomic E-state index is 4.75. The molecule has 0 atom stereocenters. The SMILES string of the molecule is CC1=C(C)N(C)C(=Cc2nc(C)c(C)c(C)c2C)S1.[B]. The van der Waals surface area contributed by atoms with Gasteiger partial charge in [-0.1, -0.05) is 11.8 Å². The van der Waals surface area contributed by atoms with E-state index < -0.39 is 0 Å². The van der Waals surface area contributed by atoms with E-state index in [0.29, 0.717) is 0 Å². The fourth-order valence-electron chi connectivity index (χ4n) is 2.18. The van der Waals surface area contributed by atoms with Gasteiger partial charge >= 0.3 is 0 Å². The average molecular weight is 285 g/mol. The highest BCUT2D eigenvalue weighted by molar-refractivity contribution is 8.07. The van der Waals surface area contributed by atoms with E-state index in [0.717, 1.165) is 11.4 Å². The number of hydrogen-bond acceptors (Lipinski definition) is 3. The minimum Gasteiger partial charge on any atom is -0.342 e. The summed E-state index contributed by atoms with van der Waals surface area (Å²) in [6.07, 6.45) is 2.21. The summed E-state index contributed by atoms with van der Waals surface area (Å²) in [5, 5.41) is 1.26. The summed E-state index contributed by atoms with van der Waals surface area (Å²) < 4.78 is 0. The highest BCUT2D eigenvalue weighted by atomic mass is 32.2. The number of nitrogens with zero attached hydrogens (tertiary/aromatic N) is 2. The van der Waals surface area contributed by atoms with E-state index in [1.807, 2.05) is 11.8 Å². The second kappa shape index (κ2) is 6.09. The van der Waals surface area contributed by atoms with E-state index in [-0.39, 0.29) is 8.41 Å². The minimum absolute atomic E-state index is 0. The largest absolute Gasteiger partial charge is 0.342 e. The lowest BCUT2D eigenvalue weighted by Gasteiger charge is -2.16. The number of hydrogen-bond donors (Lipinski definition) is 0. The van der Waals surface area contributed by atoms with Gasteiger partial charge in [-0.15, -0.1) is 0 Å². The second-order valence-corrected chi connectivity index (χ2v) is 6.48. The number of allylic oxidation sites excluding steroid dienone is 2. The maximum atomic E-state index is 4.75. The highest BCUT2D eigenvalue weighted by Gasteiger charge is 2.19. The van der Waals surface area contributed by atoms with Crippen molar-refractivity contribution in [2.24, 2.45) is 0 Å². The van der Waals surface area contributed by atoms with Gasteiger partial charge in [0.1, 0.15) is 0 Å². The molecule has 3 radical (unpaired) electrons. The van der Waals surface area contributed by atoms with Crippen LogP contribution >= 0.6 is 11.8 Å². The number of rotatable bonds is 1. The smallest absolute Gasteiger partial charge is 0.0814 e. The molecule has 1 aliphatic rings. The molecule has 0 fully saturated rings. The molecule has 2 rings (SSSR count). The molecule has 1 aliphatic heterocycles. The third-order valence-electron chi connectivity index (χ3n) is 4.20. The standard InChI is InChI=1S/C16H22N2S.B/c1-9-10(2)12(4)17-15(11(9)3)8-16-18(7)13(5)14(6)19-16;/h8H,1-7H3;. The molecule has 0 bridgehead atoms. The van der Waals surface area contributed by atoms with Crippen LogP contribution in [0.4, 0.5) is 0 Å². The zero-order valence-electron chi connectivity index (χ0n) is 13.5. The summed E-state index contributed by atoms with van der Waals surface area (Å²) in [7, 11) is 2.12.